The monoisotopic (exact) mass is 490 g/mol. The summed E-state index contributed by atoms with van der Waals surface area (Å²) in [4.78, 5) is 40.1. The van der Waals surface area contributed by atoms with E-state index in [1.165, 1.54) is 44.4 Å². The first-order valence-electron chi connectivity index (χ1n) is 9.74. The van der Waals surface area contributed by atoms with Crippen molar-refractivity contribution in [2.45, 2.75) is 31.1 Å². The Balaban J connectivity index is 1.69. The molecule has 0 radical (unpaired) electrons. The minimum Gasteiger partial charge on any atom is -0.465 e. The van der Waals surface area contributed by atoms with Gasteiger partial charge in [0.05, 0.1) is 23.9 Å². The average Bonchev–Trinajstić information content (AvgIpc) is 3.42. The molecule has 3 rings (SSSR count). The highest BCUT2D eigenvalue weighted by atomic mass is 32.2. The lowest BCUT2D eigenvalue weighted by atomic mass is 10.1. The van der Waals surface area contributed by atoms with E-state index in [9.17, 15) is 22.8 Å². The van der Waals surface area contributed by atoms with Gasteiger partial charge in [-0.1, -0.05) is 6.07 Å². The first kappa shape index (κ1) is 24.2. The number of nitrogens with one attached hydrogen (secondary N) is 2. The third-order valence-electron chi connectivity index (χ3n) is 4.86. The van der Waals surface area contributed by atoms with Crippen molar-refractivity contribution < 1.29 is 32.3 Å². The number of carbonyl (C=O) groups excluding carboxylic acids is 3. The number of benzene rings is 1. The molecule has 0 unspecified atom stereocenters. The number of ether oxygens (including phenoxy) is 2. The highest BCUT2D eigenvalue weighted by Gasteiger charge is 2.27. The van der Waals surface area contributed by atoms with Crippen LogP contribution in [0.25, 0.3) is 0 Å². The van der Waals surface area contributed by atoms with E-state index in [-0.39, 0.29) is 26.7 Å². The number of H-pyrrole nitrogens is 1. The maximum atomic E-state index is 12.8. The van der Waals surface area contributed by atoms with Crippen molar-refractivity contribution in [1.82, 2.24) is 4.98 Å². The molecule has 2 N–H and O–H groups in total. The maximum absolute atomic E-state index is 12.8. The fourth-order valence-corrected chi connectivity index (χ4v) is 5.24. The SMILES string of the molecule is COC(=O)c1c(C)[nH]c(C(=O)[C@H](C)OC(=O)c2ccc(NS(=O)(=O)c3cccs3)cc2)c1C. The number of aromatic nitrogens is 1. The number of hydrogen-bond acceptors (Lipinski definition) is 8. The zero-order valence-electron chi connectivity index (χ0n) is 18.3. The second kappa shape index (κ2) is 9.59. The van der Waals surface area contributed by atoms with Gasteiger partial charge in [-0.2, -0.15) is 0 Å². The van der Waals surface area contributed by atoms with E-state index in [1.54, 1.807) is 25.3 Å². The predicted octanol–water partition coefficient (Wildman–Crippen LogP) is 3.71. The Labute approximate surface area is 194 Å². The number of Topliss-reactive ketones (excluding diaryl/α,β-unsaturated/α-hetero) is 1. The normalized spacial score (nSPS) is 12.1. The average molecular weight is 491 g/mol. The second-order valence-corrected chi connectivity index (χ2v) is 10.0. The molecule has 2 heterocycles. The molecule has 0 aliphatic carbocycles. The molecule has 3 aromatic rings. The molecule has 174 valence electrons. The van der Waals surface area contributed by atoms with Gasteiger partial charge in [-0.25, -0.2) is 18.0 Å². The minimum atomic E-state index is -3.71. The Bertz CT molecular complexity index is 1290. The van der Waals surface area contributed by atoms with Crippen molar-refractivity contribution in [3.05, 3.63) is 69.9 Å². The van der Waals surface area contributed by atoms with Crippen molar-refractivity contribution in [2.75, 3.05) is 11.8 Å². The van der Waals surface area contributed by atoms with Crippen molar-refractivity contribution in [2.24, 2.45) is 0 Å². The van der Waals surface area contributed by atoms with E-state index < -0.39 is 33.8 Å². The Morgan fingerprint density at radius 1 is 1.06 bits per heavy atom. The Kier molecular flexibility index (Phi) is 7.04. The van der Waals surface area contributed by atoms with Crippen LogP contribution in [0.3, 0.4) is 0 Å². The molecule has 0 bridgehead atoms. The van der Waals surface area contributed by atoms with Crippen LogP contribution < -0.4 is 4.72 Å². The van der Waals surface area contributed by atoms with E-state index in [0.717, 1.165) is 11.3 Å². The third-order valence-corrected chi connectivity index (χ3v) is 7.64. The molecule has 1 aromatic carbocycles. The van der Waals surface area contributed by atoms with Crippen LogP contribution in [-0.4, -0.2) is 44.3 Å². The zero-order valence-corrected chi connectivity index (χ0v) is 19.9. The molecule has 0 spiro atoms. The number of hydrogen-bond donors (Lipinski definition) is 2. The Morgan fingerprint density at radius 3 is 2.30 bits per heavy atom. The number of ketones is 1. The number of thiophene rings is 1. The molecule has 11 heteroatoms. The van der Waals surface area contributed by atoms with Gasteiger partial charge in [0.25, 0.3) is 10.0 Å². The molecule has 0 saturated carbocycles. The summed E-state index contributed by atoms with van der Waals surface area (Å²) < 4.78 is 37.2. The first-order valence-corrected chi connectivity index (χ1v) is 12.1. The maximum Gasteiger partial charge on any atom is 0.339 e. The van der Waals surface area contributed by atoms with Crippen LogP contribution in [-0.2, 0) is 19.5 Å². The number of sulfonamides is 1. The van der Waals surface area contributed by atoms with Gasteiger partial charge in [0.2, 0.25) is 5.78 Å². The van der Waals surface area contributed by atoms with E-state index in [0.29, 0.717) is 11.3 Å². The Hall–Kier alpha value is -3.44. The van der Waals surface area contributed by atoms with Gasteiger partial charge in [0, 0.05) is 11.4 Å². The molecule has 33 heavy (non-hydrogen) atoms. The number of rotatable bonds is 8. The lowest BCUT2D eigenvalue weighted by molar-refractivity contribution is 0.0316. The number of anilines is 1. The number of methoxy groups -OCH3 is 1. The molecule has 0 aliphatic heterocycles. The highest BCUT2D eigenvalue weighted by Crippen LogP contribution is 2.22. The van der Waals surface area contributed by atoms with Crippen LogP contribution in [0.5, 0.6) is 0 Å². The standard InChI is InChI=1S/C22H22N2O7S2/c1-12-18(22(27)30-4)13(2)23-19(12)20(25)14(3)31-21(26)15-7-9-16(10-8-15)24-33(28,29)17-6-5-11-32-17/h5-11,14,23-24H,1-4H3/t14-/m0/s1. The summed E-state index contributed by atoms with van der Waals surface area (Å²) >= 11 is 1.09. The van der Waals surface area contributed by atoms with Crippen LogP contribution >= 0.6 is 11.3 Å². The number of carbonyl (C=O) groups is 3. The van der Waals surface area contributed by atoms with Crippen LogP contribution in [0.15, 0.2) is 46.0 Å². The van der Waals surface area contributed by atoms with Gasteiger partial charge < -0.3 is 14.5 Å². The summed E-state index contributed by atoms with van der Waals surface area (Å²) in [6.07, 6.45) is -1.13. The number of esters is 2. The summed E-state index contributed by atoms with van der Waals surface area (Å²) in [6, 6.07) is 8.76. The van der Waals surface area contributed by atoms with Crippen molar-refractivity contribution in [1.29, 1.82) is 0 Å². The van der Waals surface area contributed by atoms with E-state index >= 15 is 0 Å². The molecular formula is C22H22N2O7S2. The summed E-state index contributed by atoms with van der Waals surface area (Å²) in [5, 5.41) is 1.66. The smallest absolute Gasteiger partial charge is 0.339 e. The molecule has 2 aromatic heterocycles. The van der Waals surface area contributed by atoms with Gasteiger partial charge in [-0.15, -0.1) is 11.3 Å². The largest absolute Gasteiger partial charge is 0.465 e. The summed E-state index contributed by atoms with van der Waals surface area (Å²) in [7, 11) is -2.46. The molecule has 1 atom stereocenters. The molecule has 0 saturated heterocycles. The van der Waals surface area contributed by atoms with Gasteiger partial charge in [0.1, 0.15) is 4.21 Å². The Morgan fingerprint density at radius 2 is 1.73 bits per heavy atom. The summed E-state index contributed by atoms with van der Waals surface area (Å²) in [5.74, 6) is -1.82. The molecular weight excluding hydrogens is 468 g/mol. The topological polar surface area (TPSA) is 132 Å². The fourth-order valence-electron chi connectivity index (χ4n) is 3.19. The van der Waals surface area contributed by atoms with Gasteiger partial charge in [0.15, 0.2) is 6.10 Å². The van der Waals surface area contributed by atoms with Crippen LogP contribution in [0.2, 0.25) is 0 Å². The van der Waals surface area contributed by atoms with E-state index in [4.69, 9.17) is 9.47 Å². The minimum absolute atomic E-state index is 0.142. The van der Waals surface area contributed by atoms with Crippen LogP contribution in [0, 0.1) is 13.8 Å². The number of aromatic amines is 1. The van der Waals surface area contributed by atoms with E-state index in [1.807, 2.05) is 0 Å². The van der Waals surface area contributed by atoms with Crippen LogP contribution in [0.1, 0.15) is 49.4 Å². The number of aryl methyl sites for hydroxylation is 1. The summed E-state index contributed by atoms with van der Waals surface area (Å²) in [5.41, 5.74) is 1.73. The third kappa shape index (κ3) is 5.15. The summed E-state index contributed by atoms with van der Waals surface area (Å²) in [6.45, 7) is 4.67. The molecule has 0 aliphatic rings. The first-order chi connectivity index (χ1) is 15.5. The van der Waals surface area contributed by atoms with Crippen molar-refractivity contribution >= 4 is 44.8 Å². The second-order valence-electron chi connectivity index (χ2n) is 7.14. The molecule has 0 amide bonds. The van der Waals surface area contributed by atoms with Gasteiger partial charge >= 0.3 is 11.9 Å². The zero-order chi connectivity index (χ0) is 24.3. The quantitative estimate of drug-likeness (QED) is 0.363. The van der Waals surface area contributed by atoms with Gasteiger partial charge in [-0.3, -0.25) is 9.52 Å². The van der Waals surface area contributed by atoms with Crippen molar-refractivity contribution in [3.8, 4) is 0 Å². The fraction of sp³-hybridized carbons (Fsp3) is 0.227. The van der Waals surface area contributed by atoms with E-state index in [2.05, 4.69) is 9.71 Å². The van der Waals surface area contributed by atoms with Gasteiger partial charge in [-0.05, 0) is 62.0 Å². The molecule has 9 nitrogen and oxygen atoms in total. The van der Waals surface area contributed by atoms with Crippen LogP contribution in [0.4, 0.5) is 5.69 Å². The van der Waals surface area contributed by atoms with Crippen molar-refractivity contribution in [3.63, 3.8) is 0 Å². The lowest BCUT2D eigenvalue weighted by Gasteiger charge is -2.13. The predicted molar refractivity (Wildman–Crippen MR) is 122 cm³/mol. The highest BCUT2D eigenvalue weighted by molar-refractivity contribution is 7.94. The lowest BCUT2D eigenvalue weighted by Crippen LogP contribution is -2.25. The molecule has 0 fully saturated rings.